The van der Waals surface area contributed by atoms with Crippen LogP contribution in [0, 0.1) is 39.4 Å². The van der Waals surface area contributed by atoms with Crippen molar-refractivity contribution in [3.05, 3.63) is 35.5 Å². The lowest BCUT2D eigenvalue weighted by atomic mass is 9.38. The van der Waals surface area contributed by atoms with Gasteiger partial charge in [0.05, 0.1) is 11.5 Å². The van der Waals surface area contributed by atoms with Crippen LogP contribution in [0.3, 0.4) is 0 Å². The Kier molecular flexibility index (Phi) is 5.00. The molecule has 8 atom stereocenters. The molecular formula is C28H34O7. The molecule has 0 aromatic rings. The number of ketones is 2. The van der Waals surface area contributed by atoms with Crippen LogP contribution in [0.15, 0.2) is 35.5 Å². The molecule has 0 aromatic carbocycles. The third-order valence-electron chi connectivity index (χ3n) is 10.2. The Hall–Kier alpha value is -2.54. The highest BCUT2D eigenvalue weighted by Crippen LogP contribution is 2.72. The molecule has 2 fully saturated rings. The van der Waals surface area contributed by atoms with Crippen LogP contribution in [0.4, 0.5) is 0 Å². The number of allylic oxidation sites excluding steroid dienone is 3. The van der Waals surface area contributed by atoms with Crippen molar-refractivity contribution in [2.24, 2.45) is 39.4 Å². The van der Waals surface area contributed by atoms with Crippen LogP contribution in [0.2, 0.25) is 0 Å². The van der Waals surface area contributed by atoms with E-state index in [1.807, 2.05) is 26.8 Å². The zero-order chi connectivity index (χ0) is 25.7. The molecule has 0 radical (unpaired) electrons. The minimum Gasteiger partial charge on any atom is -0.462 e. The summed E-state index contributed by atoms with van der Waals surface area (Å²) in [7, 11) is 0. The molecule has 1 heterocycles. The van der Waals surface area contributed by atoms with Crippen molar-refractivity contribution in [3.8, 4) is 0 Å². The Morgan fingerprint density at radius 1 is 1.11 bits per heavy atom. The molecule has 188 valence electrons. The minimum absolute atomic E-state index is 0.0164. The molecule has 7 nitrogen and oxygen atoms in total. The van der Waals surface area contributed by atoms with Crippen molar-refractivity contribution in [2.75, 3.05) is 0 Å². The minimum atomic E-state index is -1.35. The smallest absolute Gasteiger partial charge is 0.337 e. The van der Waals surface area contributed by atoms with Crippen molar-refractivity contribution in [1.82, 2.24) is 0 Å². The number of esters is 2. The molecule has 1 N–H and O–H groups in total. The number of aliphatic hydroxyl groups is 1. The van der Waals surface area contributed by atoms with Gasteiger partial charge in [-0.1, -0.05) is 40.7 Å². The van der Waals surface area contributed by atoms with Gasteiger partial charge in [-0.05, 0) is 60.3 Å². The standard InChI is InChI=1S/C28H34O7/c1-14(29)34-21-13-18-25(2,3)20(31)8-10-26(18,4)17-7-9-27(5)19(28(17,21)6)12-16(30)23(27)15-11-22(32)35-24(15)33/h8,10-12,17-18,21-23,32H,7,9,13H2,1-6H3/t17-,18+,21-,22?,23-,26-,27-,28-/m1/s1. The number of carbonyl (C=O) groups excluding carboxylic acids is 4. The number of fused-ring (bicyclic) bond motifs is 5. The molecule has 0 amide bonds. The molecule has 35 heavy (non-hydrogen) atoms. The Balaban J connectivity index is 1.66. The summed E-state index contributed by atoms with van der Waals surface area (Å²) in [4.78, 5) is 51.2. The Bertz CT molecular complexity index is 1140. The van der Waals surface area contributed by atoms with Gasteiger partial charge >= 0.3 is 11.9 Å². The Morgan fingerprint density at radius 3 is 2.40 bits per heavy atom. The second-order valence-corrected chi connectivity index (χ2v) is 12.3. The van der Waals surface area contributed by atoms with Crippen LogP contribution < -0.4 is 0 Å². The normalized spacial score (nSPS) is 45.7. The largest absolute Gasteiger partial charge is 0.462 e. The van der Waals surface area contributed by atoms with Crippen molar-refractivity contribution < 1.29 is 33.8 Å². The second kappa shape index (κ2) is 7.25. The highest BCUT2D eigenvalue weighted by Gasteiger charge is 2.69. The van der Waals surface area contributed by atoms with E-state index in [9.17, 15) is 24.3 Å². The van der Waals surface area contributed by atoms with E-state index < -0.39 is 46.5 Å². The van der Waals surface area contributed by atoms with Crippen LogP contribution in [0.1, 0.15) is 60.8 Å². The average molecular weight is 483 g/mol. The maximum Gasteiger partial charge on any atom is 0.337 e. The third-order valence-corrected chi connectivity index (χ3v) is 10.2. The van der Waals surface area contributed by atoms with Gasteiger partial charge in [-0.3, -0.25) is 14.4 Å². The van der Waals surface area contributed by atoms with E-state index in [0.29, 0.717) is 12.8 Å². The van der Waals surface area contributed by atoms with Crippen LogP contribution >= 0.6 is 0 Å². The van der Waals surface area contributed by atoms with Gasteiger partial charge < -0.3 is 14.6 Å². The zero-order valence-electron chi connectivity index (χ0n) is 21.2. The van der Waals surface area contributed by atoms with Gasteiger partial charge in [0.15, 0.2) is 11.6 Å². The number of ether oxygens (including phenoxy) is 2. The first kappa shape index (κ1) is 24.2. The highest BCUT2D eigenvalue weighted by molar-refractivity contribution is 6.06. The number of hydrogen-bond acceptors (Lipinski definition) is 7. The summed E-state index contributed by atoms with van der Waals surface area (Å²) in [5.74, 6) is -1.94. The van der Waals surface area contributed by atoms with Gasteiger partial charge in [0.2, 0.25) is 6.29 Å². The third kappa shape index (κ3) is 3.00. The Morgan fingerprint density at radius 2 is 1.80 bits per heavy atom. The summed E-state index contributed by atoms with van der Waals surface area (Å²) < 4.78 is 10.9. The van der Waals surface area contributed by atoms with Crippen LogP contribution in [-0.4, -0.2) is 41.0 Å². The fourth-order valence-corrected chi connectivity index (χ4v) is 8.61. The van der Waals surface area contributed by atoms with Gasteiger partial charge in [-0.2, -0.15) is 0 Å². The van der Waals surface area contributed by atoms with E-state index in [2.05, 4.69) is 13.8 Å². The first-order chi connectivity index (χ1) is 16.2. The molecule has 5 rings (SSSR count). The van der Waals surface area contributed by atoms with Gasteiger partial charge in [0, 0.05) is 23.2 Å². The number of aliphatic hydroxyl groups excluding tert-OH is 1. The molecule has 0 spiro atoms. The second-order valence-electron chi connectivity index (χ2n) is 12.3. The quantitative estimate of drug-likeness (QED) is 0.601. The fourth-order valence-electron chi connectivity index (χ4n) is 8.61. The summed E-state index contributed by atoms with van der Waals surface area (Å²) >= 11 is 0. The van der Waals surface area contributed by atoms with Crippen molar-refractivity contribution in [3.63, 3.8) is 0 Å². The SMILES string of the molecule is CC(=O)O[C@@H]1C[C@H]2C(C)(C)C(=O)C=C[C@]2(C)[C@H]2CC[C@]3(C)C(=CC(=O)[C@H]3C3=CC(O)OC3=O)[C@@]21C. The van der Waals surface area contributed by atoms with Gasteiger partial charge in [0.1, 0.15) is 6.10 Å². The number of carbonyl (C=O) groups is 4. The summed E-state index contributed by atoms with van der Waals surface area (Å²) in [5.41, 5.74) is -1.21. The van der Waals surface area contributed by atoms with E-state index in [1.165, 1.54) is 13.0 Å². The number of rotatable bonds is 2. The van der Waals surface area contributed by atoms with Gasteiger partial charge in [-0.25, -0.2) is 4.79 Å². The fraction of sp³-hybridized carbons (Fsp3) is 0.643. The highest BCUT2D eigenvalue weighted by atomic mass is 16.6. The molecule has 0 saturated heterocycles. The van der Waals surface area contributed by atoms with Crippen LogP contribution in [0.5, 0.6) is 0 Å². The molecule has 5 aliphatic rings. The molecule has 0 aromatic heterocycles. The Labute approximate surface area is 205 Å². The lowest BCUT2D eigenvalue weighted by molar-refractivity contribution is -0.187. The maximum absolute atomic E-state index is 13.5. The predicted octanol–water partition coefficient (Wildman–Crippen LogP) is 3.46. The van der Waals surface area contributed by atoms with Crippen LogP contribution in [0.25, 0.3) is 0 Å². The summed E-state index contributed by atoms with van der Waals surface area (Å²) in [6.45, 7) is 11.6. The molecular weight excluding hydrogens is 448 g/mol. The number of hydrogen-bond donors (Lipinski definition) is 1. The lowest BCUT2D eigenvalue weighted by Crippen LogP contribution is -2.64. The topological polar surface area (TPSA) is 107 Å². The molecule has 2 saturated carbocycles. The zero-order valence-corrected chi connectivity index (χ0v) is 21.2. The lowest BCUT2D eigenvalue weighted by Gasteiger charge is -2.66. The van der Waals surface area contributed by atoms with Crippen molar-refractivity contribution >= 4 is 23.5 Å². The monoisotopic (exact) mass is 482 g/mol. The van der Waals surface area contributed by atoms with E-state index in [4.69, 9.17) is 9.47 Å². The van der Waals surface area contributed by atoms with Crippen molar-refractivity contribution in [2.45, 2.75) is 73.2 Å². The van der Waals surface area contributed by atoms with E-state index in [-0.39, 0.29) is 34.4 Å². The first-order valence-corrected chi connectivity index (χ1v) is 12.5. The summed E-state index contributed by atoms with van der Waals surface area (Å²) in [6.07, 6.45) is 6.75. The molecule has 1 unspecified atom stereocenters. The van der Waals surface area contributed by atoms with Crippen LogP contribution in [-0.2, 0) is 28.7 Å². The molecule has 0 bridgehead atoms. The van der Waals surface area contributed by atoms with Crippen molar-refractivity contribution in [1.29, 1.82) is 0 Å². The van der Waals surface area contributed by atoms with Gasteiger partial charge in [0.25, 0.3) is 0 Å². The summed E-state index contributed by atoms with van der Waals surface area (Å²) in [6, 6.07) is 0. The molecule has 7 heteroatoms. The molecule has 1 aliphatic heterocycles. The maximum atomic E-state index is 13.5. The predicted molar refractivity (Wildman–Crippen MR) is 125 cm³/mol. The molecule has 4 aliphatic carbocycles. The first-order valence-electron chi connectivity index (χ1n) is 12.5. The summed E-state index contributed by atoms with van der Waals surface area (Å²) in [5, 5.41) is 9.87. The number of cyclic esters (lactones) is 1. The van der Waals surface area contributed by atoms with E-state index in [0.717, 1.165) is 12.0 Å². The van der Waals surface area contributed by atoms with Gasteiger partial charge in [-0.15, -0.1) is 0 Å². The van der Waals surface area contributed by atoms with E-state index >= 15 is 0 Å². The van der Waals surface area contributed by atoms with E-state index in [1.54, 1.807) is 12.2 Å². The average Bonchev–Trinajstić information content (AvgIpc) is 3.21.